The summed E-state index contributed by atoms with van der Waals surface area (Å²) in [7, 11) is 0. The van der Waals surface area contributed by atoms with E-state index in [1.807, 2.05) is 6.08 Å². The van der Waals surface area contributed by atoms with Gasteiger partial charge in [0.15, 0.2) is 12.4 Å². The van der Waals surface area contributed by atoms with Crippen LogP contribution in [0.15, 0.2) is 72.9 Å². The van der Waals surface area contributed by atoms with Gasteiger partial charge in [0.25, 0.3) is 0 Å². The molecule has 6 N–H and O–H groups in total. The zero-order valence-electron chi connectivity index (χ0n) is 57.8. The van der Waals surface area contributed by atoms with Crippen LogP contribution in [0, 0.1) is 0 Å². The molecule has 1 heterocycles. The van der Waals surface area contributed by atoms with E-state index in [9.17, 15) is 35.1 Å². The molecule has 1 fully saturated rings. The van der Waals surface area contributed by atoms with Crippen molar-refractivity contribution >= 4 is 11.9 Å². The summed E-state index contributed by atoms with van der Waals surface area (Å²) in [5.74, 6) is -1.19. The smallest absolute Gasteiger partial charge is 0.306 e. The first-order valence-electron chi connectivity index (χ1n) is 37.7. The quantitative estimate of drug-likeness (QED) is 0.0195. The molecule has 11 heteroatoms. The molecule has 8 atom stereocenters. The van der Waals surface area contributed by atoms with Crippen molar-refractivity contribution in [1.82, 2.24) is 5.32 Å². The van der Waals surface area contributed by atoms with Crippen molar-refractivity contribution in [3.05, 3.63) is 72.9 Å². The van der Waals surface area contributed by atoms with Crippen molar-refractivity contribution in [1.29, 1.82) is 0 Å². The minimum Gasteiger partial charge on any atom is -0.454 e. The third kappa shape index (κ3) is 52.2. The van der Waals surface area contributed by atoms with E-state index in [2.05, 4.69) is 86.8 Å². The molecule has 11 nitrogen and oxygen atoms in total. The van der Waals surface area contributed by atoms with Gasteiger partial charge in [-0.1, -0.05) is 318 Å². The van der Waals surface area contributed by atoms with Crippen LogP contribution in [0.1, 0.15) is 348 Å². The van der Waals surface area contributed by atoms with E-state index >= 15 is 0 Å². The van der Waals surface area contributed by atoms with E-state index in [1.165, 1.54) is 218 Å². The van der Waals surface area contributed by atoms with Gasteiger partial charge in [0.1, 0.15) is 24.4 Å². The molecular formula is C78H141NO10. The number of hydrogen-bond acceptors (Lipinski definition) is 10. The fraction of sp³-hybridized carbons (Fsp3) is 0.821. The monoisotopic (exact) mass is 1250 g/mol. The Morgan fingerprint density at radius 1 is 0.438 bits per heavy atom. The van der Waals surface area contributed by atoms with Crippen LogP contribution in [-0.2, 0) is 23.8 Å². The standard InChI is InChI=1S/C78H141NO10/c1-4-7-10-13-16-19-22-25-27-29-31-33-34-35-36-37-38-39-41-43-45-48-51-54-57-60-63-66-73(83)89-76-75(85)74(84)72(67-80)88-78(76)87-68-69(70(81)64-61-58-55-52-49-46-24-21-18-15-12-9-6-3)79-77(86)71(82)65-62-59-56-53-50-47-44-42-40-32-30-28-26-23-20-17-14-11-8-5-2/h16-17,19-20,25-28,31,33,61,64,69-72,74-76,78,80-82,84-85H,4-15,18,21-24,29-30,32,34-60,62-63,65-68H2,1-3H3,(H,79,86)/b19-16-,20-17-,27-25-,28-26-,33-31-,64-61+. The zero-order chi connectivity index (χ0) is 64.6. The van der Waals surface area contributed by atoms with Crippen molar-refractivity contribution in [2.45, 2.75) is 397 Å². The van der Waals surface area contributed by atoms with Gasteiger partial charge < -0.3 is 45.1 Å². The van der Waals surface area contributed by atoms with Gasteiger partial charge in [0.2, 0.25) is 5.91 Å². The lowest BCUT2D eigenvalue weighted by Gasteiger charge is -2.41. The Kier molecular flexibility index (Phi) is 61.6. The molecule has 0 spiro atoms. The van der Waals surface area contributed by atoms with Crippen LogP contribution in [-0.4, -0.2) is 99.6 Å². The maximum absolute atomic E-state index is 13.5. The Hall–Kier alpha value is -2.90. The Labute approximate surface area is 547 Å². The summed E-state index contributed by atoms with van der Waals surface area (Å²) in [6.07, 6.45) is 75.1. The number of carbonyl (C=O) groups is 2. The summed E-state index contributed by atoms with van der Waals surface area (Å²) in [5.41, 5.74) is 0. The minimum absolute atomic E-state index is 0.122. The number of nitrogens with one attached hydrogen (secondary N) is 1. The summed E-state index contributed by atoms with van der Waals surface area (Å²) in [4.78, 5) is 26.7. The van der Waals surface area contributed by atoms with Gasteiger partial charge in [-0.05, 0) is 96.3 Å². The summed E-state index contributed by atoms with van der Waals surface area (Å²) in [6, 6.07) is -1.03. The predicted molar refractivity (Wildman–Crippen MR) is 375 cm³/mol. The molecule has 0 saturated carbocycles. The Balaban J connectivity index is 2.54. The van der Waals surface area contributed by atoms with E-state index in [0.717, 1.165) is 83.5 Å². The minimum atomic E-state index is -1.62. The molecule has 0 aromatic carbocycles. The third-order valence-corrected chi connectivity index (χ3v) is 17.6. The van der Waals surface area contributed by atoms with Gasteiger partial charge >= 0.3 is 5.97 Å². The molecular weight excluding hydrogens is 1110 g/mol. The second-order valence-corrected chi connectivity index (χ2v) is 26.0. The lowest BCUT2D eigenvalue weighted by Crippen LogP contribution is -2.61. The first-order valence-corrected chi connectivity index (χ1v) is 37.7. The van der Waals surface area contributed by atoms with Crippen LogP contribution in [0.3, 0.4) is 0 Å². The van der Waals surface area contributed by atoms with Crippen molar-refractivity contribution in [3.63, 3.8) is 0 Å². The van der Waals surface area contributed by atoms with Crippen LogP contribution in [0.25, 0.3) is 0 Å². The molecule has 1 amide bonds. The third-order valence-electron chi connectivity index (χ3n) is 17.6. The largest absolute Gasteiger partial charge is 0.454 e. The number of esters is 1. The normalized spacial score (nSPS) is 18.5. The fourth-order valence-electron chi connectivity index (χ4n) is 11.6. The fourth-order valence-corrected chi connectivity index (χ4v) is 11.6. The zero-order valence-corrected chi connectivity index (χ0v) is 57.8. The molecule has 1 rings (SSSR count). The second kappa shape index (κ2) is 65.2. The SMILES string of the molecule is CCCCC/C=C\C/C=C\C/C=C\CCCCCCCCCCCCCCCCC(=O)OC1C(OCC(NC(=O)C(O)CCCCCCCCCCCC/C=C\C/C=C\CCCCC)C(O)/C=C/CCCCCCCCCCCCC)OC(CO)C(O)C1O. The van der Waals surface area contributed by atoms with Gasteiger partial charge in [-0.3, -0.25) is 9.59 Å². The number of rotatable bonds is 65. The lowest BCUT2D eigenvalue weighted by molar-refractivity contribution is -0.305. The van der Waals surface area contributed by atoms with Crippen molar-refractivity contribution < 1.29 is 49.3 Å². The van der Waals surface area contributed by atoms with E-state index in [4.69, 9.17) is 14.2 Å². The molecule has 518 valence electrons. The van der Waals surface area contributed by atoms with Gasteiger partial charge in [-0.15, -0.1) is 0 Å². The van der Waals surface area contributed by atoms with Crippen LogP contribution in [0.4, 0.5) is 0 Å². The molecule has 0 radical (unpaired) electrons. The molecule has 1 aliphatic rings. The van der Waals surface area contributed by atoms with Gasteiger partial charge in [0, 0.05) is 6.42 Å². The number of carbonyl (C=O) groups excluding carboxylic acids is 2. The van der Waals surface area contributed by atoms with Crippen LogP contribution in [0.2, 0.25) is 0 Å². The topological polar surface area (TPSA) is 175 Å². The lowest BCUT2D eigenvalue weighted by atomic mass is 9.99. The number of unbranched alkanes of at least 4 members (excludes halogenated alkanes) is 41. The molecule has 89 heavy (non-hydrogen) atoms. The van der Waals surface area contributed by atoms with Crippen LogP contribution < -0.4 is 5.32 Å². The molecule has 0 aliphatic carbocycles. The highest BCUT2D eigenvalue weighted by atomic mass is 16.7. The maximum atomic E-state index is 13.5. The number of allylic oxidation sites excluding steroid dienone is 11. The van der Waals surface area contributed by atoms with E-state index < -0.39 is 67.4 Å². The Morgan fingerprint density at radius 2 is 0.775 bits per heavy atom. The Bertz CT molecular complexity index is 1730. The number of amides is 1. The van der Waals surface area contributed by atoms with Crippen molar-refractivity contribution in [2.24, 2.45) is 0 Å². The van der Waals surface area contributed by atoms with Gasteiger partial charge in [0.05, 0.1) is 25.4 Å². The van der Waals surface area contributed by atoms with Gasteiger partial charge in [-0.25, -0.2) is 0 Å². The van der Waals surface area contributed by atoms with Gasteiger partial charge in [-0.2, -0.15) is 0 Å². The predicted octanol–water partition coefficient (Wildman–Crippen LogP) is 19.9. The van der Waals surface area contributed by atoms with Crippen molar-refractivity contribution in [2.75, 3.05) is 13.2 Å². The molecule has 0 aromatic rings. The van der Waals surface area contributed by atoms with E-state index in [0.29, 0.717) is 12.8 Å². The maximum Gasteiger partial charge on any atom is 0.306 e. The summed E-state index contributed by atoms with van der Waals surface area (Å²) in [6.45, 7) is 5.79. The highest BCUT2D eigenvalue weighted by Crippen LogP contribution is 2.26. The molecule has 8 unspecified atom stereocenters. The number of ether oxygens (including phenoxy) is 3. The number of aliphatic hydroxyl groups excluding tert-OH is 5. The summed E-state index contributed by atoms with van der Waals surface area (Å²) >= 11 is 0. The highest BCUT2D eigenvalue weighted by Gasteiger charge is 2.47. The van der Waals surface area contributed by atoms with E-state index in [1.54, 1.807) is 6.08 Å². The Morgan fingerprint density at radius 3 is 1.18 bits per heavy atom. The van der Waals surface area contributed by atoms with Crippen LogP contribution in [0.5, 0.6) is 0 Å². The first-order chi connectivity index (χ1) is 43.7. The molecule has 0 bridgehead atoms. The molecule has 1 saturated heterocycles. The second-order valence-electron chi connectivity index (χ2n) is 26.0. The average molecular weight is 1250 g/mol. The number of hydrogen-bond donors (Lipinski definition) is 6. The summed E-state index contributed by atoms with van der Waals surface area (Å²) in [5, 5.41) is 57.4. The molecule has 0 aromatic heterocycles. The van der Waals surface area contributed by atoms with Crippen molar-refractivity contribution in [3.8, 4) is 0 Å². The first kappa shape index (κ1) is 84.1. The van der Waals surface area contributed by atoms with Crippen LogP contribution >= 0.6 is 0 Å². The summed E-state index contributed by atoms with van der Waals surface area (Å²) < 4.78 is 17.7. The highest BCUT2D eigenvalue weighted by molar-refractivity contribution is 5.80. The average Bonchev–Trinajstić information content (AvgIpc) is 1.85. The van der Waals surface area contributed by atoms with E-state index in [-0.39, 0.29) is 19.4 Å². The molecule has 1 aliphatic heterocycles. The number of aliphatic hydroxyl groups is 5.